The number of carbonyl (C=O) groups is 2. The van der Waals surface area contributed by atoms with Crippen LogP contribution in [0.4, 0.5) is 4.39 Å². The summed E-state index contributed by atoms with van der Waals surface area (Å²) in [5.74, 6) is -0.0290. The van der Waals surface area contributed by atoms with Gasteiger partial charge in [-0.25, -0.2) is 4.39 Å². The van der Waals surface area contributed by atoms with Gasteiger partial charge in [-0.2, -0.15) is 0 Å². The summed E-state index contributed by atoms with van der Waals surface area (Å²) in [5.41, 5.74) is -0.0902. The van der Waals surface area contributed by atoms with Gasteiger partial charge in [-0.05, 0) is 31.2 Å². The second-order valence-electron chi connectivity index (χ2n) is 6.58. The lowest BCUT2D eigenvalue weighted by Gasteiger charge is -2.33. The van der Waals surface area contributed by atoms with Gasteiger partial charge in [-0.1, -0.05) is 12.1 Å². The molecule has 1 aromatic carbocycles. The number of benzene rings is 1. The first-order valence-electron chi connectivity index (χ1n) is 9.22. The van der Waals surface area contributed by atoms with Crippen molar-refractivity contribution < 1.29 is 23.1 Å². The molecule has 1 aromatic heterocycles. The van der Waals surface area contributed by atoms with Crippen LogP contribution in [0.3, 0.4) is 0 Å². The van der Waals surface area contributed by atoms with Crippen molar-refractivity contribution in [2.24, 2.45) is 0 Å². The second kappa shape index (κ2) is 9.48. The minimum absolute atomic E-state index is 0.0902. The molecule has 2 amide bonds. The summed E-state index contributed by atoms with van der Waals surface area (Å²) in [6.07, 6.45) is 0. The van der Waals surface area contributed by atoms with E-state index in [-0.39, 0.29) is 24.1 Å². The molecule has 1 atom stereocenters. The fourth-order valence-electron chi connectivity index (χ4n) is 3.11. The first kappa shape index (κ1) is 20.0. The number of amides is 2. The molecule has 1 fully saturated rings. The summed E-state index contributed by atoms with van der Waals surface area (Å²) in [6.45, 7) is 4.71. The van der Waals surface area contributed by atoms with Gasteiger partial charge in [-0.15, -0.1) is 0 Å². The van der Waals surface area contributed by atoms with Crippen LogP contribution >= 0.6 is 0 Å². The van der Waals surface area contributed by atoms with Gasteiger partial charge >= 0.3 is 0 Å². The van der Waals surface area contributed by atoms with Crippen molar-refractivity contribution in [2.45, 2.75) is 13.0 Å². The Balaban J connectivity index is 1.54. The highest BCUT2D eigenvalue weighted by atomic mass is 19.1. The highest BCUT2D eigenvalue weighted by molar-refractivity contribution is 5.96. The van der Waals surface area contributed by atoms with Gasteiger partial charge in [0.2, 0.25) is 5.91 Å². The Morgan fingerprint density at radius 1 is 1.14 bits per heavy atom. The normalized spacial score (nSPS) is 15.8. The number of morpholine rings is 1. The average molecular weight is 389 g/mol. The Kier molecular flexibility index (Phi) is 6.78. The molecule has 1 saturated heterocycles. The summed E-state index contributed by atoms with van der Waals surface area (Å²) in [6, 6.07) is 9.31. The zero-order chi connectivity index (χ0) is 19.9. The molecule has 0 bridgehead atoms. The van der Waals surface area contributed by atoms with E-state index in [0.717, 1.165) is 24.6 Å². The molecule has 2 aromatic rings. The maximum Gasteiger partial charge on any atom is 0.254 e. The fourth-order valence-corrected chi connectivity index (χ4v) is 3.11. The predicted molar refractivity (Wildman–Crippen MR) is 100 cm³/mol. The number of nitrogens with one attached hydrogen (secondary N) is 2. The van der Waals surface area contributed by atoms with Gasteiger partial charge in [0, 0.05) is 19.6 Å². The minimum atomic E-state index is -0.625. The van der Waals surface area contributed by atoms with Gasteiger partial charge in [0.25, 0.3) is 5.91 Å². The smallest absolute Gasteiger partial charge is 0.254 e. The van der Waals surface area contributed by atoms with Crippen LogP contribution in [-0.2, 0) is 9.53 Å². The summed E-state index contributed by atoms with van der Waals surface area (Å²) < 4.78 is 24.8. The van der Waals surface area contributed by atoms with Crippen molar-refractivity contribution in [1.82, 2.24) is 15.5 Å². The minimum Gasteiger partial charge on any atom is -0.465 e. The zero-order valence-corrected chi connectivity index (χ0v) is 15.7. The van der Waals surface area contributed by atoms with E-state index < -0.39 is 11.7 Å². The van der Waals surface area contributed by atoms with Crippen LogP contribution in [-0.4, -0.2) is 56.1 Å². The summed E-state index contributed by atoms with van der Waals surface area (Å²) >= 11 is 0. The lowest BCUT2D eigenvalue weighted by atomic mass is 10.1. The van der Waals surface area contributed by atoms with Gasteiger partial charge < -0.3 is 19.8 Å². The van der Waals surface area contributed by atoms with Gasteiger partial charge in [0.15, 0.2) is 0 Å². The number of carbonyl (C=O) groups excluding carboxylic acids is 2. The third-order valence-corrected chi connectivity index (χ3v) is 4.60. The Hall–Kier alpha value is -2.71. The van der Waals surface area contributed by atoms with E-state index in [1.807, 2.05) is 19.1 Å². The lowest BCUT2D eigenvalue weighted by Crippen LogP contribution is -2.45. The number of ether oxygens (including phenoxy) is 1. The van der Waals surface area contributed by atoms with Gasteiger partial charge in [-0.3, -0.25) is 14.5 Å². The second-order valence-corrected chi connectivity index (χ2v) is 6.58. The quantitative estimate of drug-likeness (QED) is 0.752. The van der Waals surface area contributed by atoms with Crippen LogP contribution < -0.4 is 10.6 Å². The molecule has 1 aliphatic heterocycles. The molecule has 0 spiro atoms. The molecule has 28 heavy (non-hydrogen) atoms. The third kappa shape index (κ3) is 5.17. The molecule has 0 saturated carbocycles. The van der Waals surface area contributed by atoms with Gasteiger partial charge in [0.1, 0.15) is 17.3 Å². The van der Waals surface area contributed by atoms with Crippen LogP contribution in [0.1, 0.15) is 27.9 Å². The number of nitrogens with zero attached hydrogens (tertiary/aromatic N) is 1. The molecule has 1 aliphatic rings. The number of hydrogen-bond donors (Lipinski definition) is 2. The van der Waals surface area contributed by atoms with Crippen molar-refractivity contribution in [3.05, 3.63) is 59.3 Å². The number of hydrogen-bond acceptors (Lipinski definition) is 5. The number of aryl methyl sites for hydroxylation is 1. The number of halogens is 1. The van der Waals surface area contributed by atoms with E-state index in [1.54, 1.807) is 6.07 Å². The number of rotatable bonds is 7. The van der Waals surface area contributed by atoms with Crippen LogP contribution in [0.5, 0.6) is 0 Å². The zero-order valence-electron chi connectivity index (χ0n) is 15.7. The first-order chi connectivity index (χ1) is 13.5. The van der Waals surface area contributed by atoms with Crippen molar-refractivity contribution >= 4 is 11.8 Å². The molecule has 3 rings (SSSR count). The molecule has 2 N–H and O–H groups in total. The van der Waals surface area contributed by atoms with Crippen LogP contribution in [0.25, 0.3) is 0 Å². The molecule has 2 heterocycles. The van der Waals surface area contributed by atoms with E-state index in [2.05, 4.69) is 15.5 Å². The maximum absolute atomic E-state index is 13.6. The average Bonchev–Trinajstić information content (AvgIpc) is 3.13. The molecule has 8 heteroatoms. The largest absolute Gasteiger partial charge is 0.465 e. The van der Waals surface area contributed by atoms with Crippen molar-refractivity contribution in [2.75, 3.05) is 39.4 Å². The summed E-state index contributed by atoms with van der Waals surface area (Å²) in [5, 5.41) is 5.26. The van der Waals surface area contributed by atoms with E-state index in [0.29, 0.717) is 19.8 Å². The Bertz CT molecular complexity index is 817. The SMILES string of the molecule is Cc1ccc(C(CNC(=O)CNC(=O)c2ccccc2F)N2CCOCC2)o1. The fraction of sp³-hybridized carbons (Fsp3) is 0.400. The summed E-state index contributed by atoms with van der Waals surface area (Å²) in [4.78, 5) is 26.4. The highest BCUT2D eigenvalue weighted by Gasteiger charge is 2.25. The molecule has 7 nitrogen and oxygen atoms in total. The Morgan fingerprint density at radius 3 is 2.57 bits per heavy atom. The molecule has 1 unspecified atom stereocenters. The van der Waals surface area contributed by atoms with E-state index in [9.17, 15) is 14.0 Å². The molecule has 150 valence electrons. The Labute approximate surface area is 162 Å². The van der Waals surface area contributed by atoms with Crippen molar-refractivity contribution in [3.63, 3.8) is 0 Å². The van der Waals surface area contributed by atoms with Crippen LogP contribution in [0.15, 0.2) is 40.8 Å². The topological polar surface area (TPSA) is 83.8 Å². The van der Waals surface area contributed by atoms with Gasteiger partial charge in [0.05, 0.1) is 31.4 Å². The summed E-state index contributed by atoms with van der Waals surface area (Å²) in [7, 11) is 0. The lowest BCUT2D eigenvalue weighted by molar-refractivity contribution is -0.120. The van der Waals surface area contributed by atoms with E-state index >= 15 is 0 Å². The predicted octanol–water partition coefficient (Wildman–Crippen LogP) is 1.65. The first-order valence-corrected chi connectivity index (χ1v) is 9.22. The number of furan rings is 1. The third-order valence-electron chi connectivity index (χ3n) is 4.60. The highest BCUT2D eigenvalue weighted by Crippen LogP contribution is 2.23. The monoisotopic (exact) mass is 389 g/mol. The van der Waals surface area contributed by atoms with Crippen molar-refractivity contribution in [1.29, 1.82) is 0 Å². The van der Waals surface area contributed by atoms with Crippen LogP contribution in [0.2, 0.25) is 0 Å². The maximum atomic E-state index is 13.6. The standard InChI is InChI=1S/C20H24FN3O4/c1-14-6-7-18(28-14)17(24-8-10-27-11-9-24)12-22-19(25)13-23-20(26)15-4-2-3-5-16(15)21/h2-7,17H,8-13H2,1H3,(H,22,25)(H,23,26). The molecular weight excluding hydrogens is 365 g/mol. The Morgan fingerprint density at radius 2 is 1.89 bits per heavy atom. The molecule has 0 aliphatic carbocycles. The molecular formula is C20H24FN3O4. The molecule has 0 radical (unpaired) electrons. The van der Waals surface area contributed by atoms with E-state index in [1.165, 1.54) is 18.2 Å². The van der Waals surface area contributed by atoms with Crippen LogP contribution in [0, 0.1) is 12.7 Å². The van der Waals surface area contributed by atoms with E-state index in [4.69, 9.17) is 9.15 Å². The van der Waals surface area contributed by atoms with Crippen molar-refractivity contribution in [3.8, 4) is 0 Å².